The van der Waals surface area contributed by atoms with E-state index in [1.807, 2.05) is 0 Å². The Labute approximate surface area is 110 Å². The Morgan fingerprint density at radius 3 is 2.53 bits per heavy atom. The summed E-state index contributed by atoms with van der Waals surface area (Å²) in [6.45, 7) is 4.46. The molecule has 1 heterocycles. The zero-order chi connectivity index (χ0) is 12.1. The Balaban J connectivity index is 1.98. The molecule has 1 aliphatic heterocycles. The van der Waals surface area contributed by atoms with Crippen LogP contribution in [0.5, 0.6) is 0 Å². The molecule has 0 amide bonds. The maximum Gasteiger partial charge on any atom is 0.0379 e. The predicted molar refractivity (Wildman–Crippen MR) is 74.6 cm³/mol. The van der Waals surface area contributed by atoms with Gasteiger partial charge in [0.15, 0.2) is 0 Å². The number of nitrogens with zero attached hydrogens (tertiary/aromatic N) is 1. The minimum absolute atomic E-state index is 0.580. The quantitative estimate of drug-likeness (QED) is 0.735. The molecule has 0 saturated carbocycles. The van der Waals surface area contributed by atoms with Crippen molar-refractivity contribution in [3.8, 4) is 0 Å². The highest BCUT2D eigenvalue weighted by Gasteiger charge is 2.21. The first-order chi connectivity index (χ1) is 8.33. The van der Waals surface area contributed by atoms with Crippen LogP contribution >= 0.6 is 11.6 Å². The molecule has 1 nitrogen and oxygen atoms in total. The van der Waals surface area contributed by atoms with Crippen molar-refractivity contribution in [2.24, 2.45) is 0 Å². The second-order valence-electron chi connectivity index (χ2n) is 4.94. The predicted octanol–water partition coefficient (Wildman–Crippen LogP) is 3.84. The van der Waals surface area contributed by atoms with E-state index in [9.17, 15) is 0 Å². The second-order valence-corrected chi connectivity index (χ2v) is 5.25. The number of alkyl halides is 1. The molecule has 1 saturated heterocycles. The van der Waals surface area contributed by atoms with Crippen LogP contribution in [0.3, 0.4) is 0 Å². The van der Waals surface area contributed by atoms with Crippen LogP contribution in [0.1, 0.15) is 37.3 Å². The minimum atomic E-state index is 0.580. The van der Waals surface area contributed by atoms with Crippen molar-refractivity contribution in [1.29, 1.82) is 0 Å². The maximum atomic E-state index is 6.05. The first-order valence-electron chi connectivity index (χ1n) is 6.71. The monoisotopic (exact) mass is 251 g/mol. The molecular weight excluding hydrogens is 230 g/mol. The van der Waals surface area contributed by atoms with Gasteiger partial charge in [0.05, 0.1) is 0 Å². The molecule has 1 atom stereocenters. The standard InChI is InChI=1S/C15H22ClN/c1-2-13-6-8-14(9-7-13)12-17-10-4-3-5-15(17)11-16/h6-9,15H,2-5,10-12H2,1H3. The number of likely N-dealkylation sites (tertiary alicyclic amines) is 1. The fourth-order valence-corrected chi connectivity index (χ4v) is 2.91. The van der Waals surface area contributed by atoms with Crippen molar-refractivity contribution in [2.45, 2.75) is 45.2 Å². The van der Waals surface area contributed by atoms with E-state index in [1.54, 1.807) is 0 Å². The summed E-state index contributed by atoms with van der Waals surface area (Å²) in [6, 6.07) is 9.60. The summed E-state index contributed by atoms with van der Waals surface area (Å²) in [5.41, 5.74) is 2.83. The molecule has 17 heavy (non-hydrogen) atoms. The van der Waals surface area contributed by atoms with Crippen molar-refractivity contribution in [1.82, 2.24) is 4.90 Å². The van der Waals surface area contributed by atoms with Gasteiger partial charge in [-0.2, -0.15) is 0 Å². The van der Waals surface area contributed by atoms with Crippen LogP contribution in [-0.4, -0.2) is 23.4 Å². The molecule has 1 aliphatic rings. The first-order valence-corrected chi connectivity index (χ1v) is 7.24. The molecule has 0 aromatic heterocycles. The van der Waals surface area contributed by atoms with Gasteiger partial charge in [-0.15, -0.1) is 11.6 Å². The molecule has 2 rings (SSSR count). The van der Waals surface area contributed by atoms with Gasteiger partial charge >= 0.3 is 0 Å². The largest absolute Gasteiger partial charge is 0.295 e. The Kier molecular flexibility index (Phi) is 4.87. The lowest BCUT2D eigenvalue weighted by molar-refractivity contribution is 0.155. The normalized spacial score (nSPS) is 21.6. The van der Waals surface area contributed by atoms with Gasteiger partial charge in [0.25, 0.3) is 0 Å². The topological polar surface area (TPSA) is 3.24 Å². The SMILES string of the molecule is CCc1ccc(CN2CCCCC2CCl)cc1. The number of aryl methyl sites for hydroxylation is 1. The average molecular weight is 252 g/mol. The maximum absolute atomic E-state index is 6.05. The van der Waals surface area contributed by atoms with Crippen LogP contribution in [-0.2, 0) is 13.0 Å². The molecule has 0 bridgehead atoms. The fraction of sp³-hybridized carbons (Fsp3) is 0.600. The molecular formula is C15H22ClN. The van der Waals surface area contributed by atoms with Gasteiger partial charge in [-0.1, -0.05) is 37.6 Å². The van der Waals surface area contributed by atoms with E-state index < -0.39 is 0 Å². The zero-order valence-electron chi connectivity index (χ0n) is 10.7. The van der Waals surface area contributed by atoms with Crippen molar-refractivity contribution >= 4 is 11.6 Å². The third-order valence-electron chi connectivity index (χ3n) is 3.74. The van der Waals surface area contributed by atoms with E-state index >= 15 is 0 Å². The van der Waals surface area contributed by atoms with Crippen LogP contribution in [0.4, 0.5) is 0 Å². The number of hydrogen-bond acceptors (Lipinski definition) is 1. The van der Waals surface area contributed by atoms with E-state index in [0.717, 1.165) is 18.8 Å². The Morgan fingerprint density at radius 2 is 1.88 bits per heavy atom. The smallest absolute Gasteiger partial charge is 0.0379 e. The lowest BCUT2D eigenvalue weighted by atomic mass is 10.0. The number of piperidine rings is 1. The highest BCUT2D eigenvalue weighted by molar-refractivity contribution is 6.18. The van der Waals surface area contributed by atoms with Gasteiger partial charge in [0, 0.05) is 18.5 Å². The van der Waals surface area contributed by atoms with Gasteiger partial charge in [-0.3, -0.25) is 4.90 Å². The lowest BCUT2D eigenvalue weighted by Gasteiger charge is -2.34. The van der Waals surface area contributed by atoms with Crippen LogP contribution < -0.4 is 0 Å². The molecule has 2 heteroatoms. The van der Waals surface area contributed by atoms with Gasteiger partial charge in [0.2, 0.25) is 0 Å². The van der Waals surface area contributed by atoms with Crippen LogP contribution in [0.15, 0.2) is 24.3 Å². The van der Waals surface area contributed by atoms with Gasteiger partial charge < -0.3 is 0 Å². The lowest BCUT2D eigenvalue weighted by Crippen LogP contribution is -2.40. The third-order valence-corrected chi connectivity index (χ3v) is 4.10. The van der Waals surface area contributed by atoms with E-state index in [4.69, 9.17) is 11.6 Å². The number of hydrogen-bond donors (Lipinski definition) is 0. The van der Waals surface area contributed by atoms with Crippen LogP contribution in [0.25, 0.3) is 0 Å². The third kappa shape index (κ3) is 3.46. The van der Waals surface area contributed by atoms with Crippen molar-refractivity contribution in [3.05, 3.63) is 35.4 Å². The van der Waals surface area contributed by atoms with E-state index in [2.05, 4.69) is 36.1 Å². The molecule has 94 valence electrons. The highest BCUT2D eigenvalue weighted by Crippen LogP contribution is 2.20. The summed E-state index contributed by atoms with van der Waals surface area (Å²) in [5, 5.41) is 0. The molecule has 0 radical (unpaired) electrons. The van der Waals surface area contributed by atoms with Gasteiger partial charge in [0.1, 0.15) is 0 Å². The van der Waals surface area contributed by atoms with E-state index in [-0.39, 0.29) is 0 Å². The van der Waals surface area contributed by atoms with Crippen LogP contribution in [0, 0.1) is 0 Å². The highest BCUT2D eigenvalue weighted by atomic mass is 35.5. The zero-order valence-corrected chi connectivity index (χ0v) is 11.4. The molecule has 0 spiro atoms. The summed E-state index contributed by atoms with van der Waals surface area (Å²) in [7, 11) is 0. The van der Waals surface area contributed by atoms with Gasteiger partial charge in [-0.25, -0.2) is 0 Å². The molecule has 1 fully saturated rings. The fourth-order valence-electron chi connectivity index (χ4n) is 2.56. The molecule has 1 unspecified atom stereocenters. The average Bonchev–Trinajstić information content (AvgIpc) is 2.40. The van der Waals surface area contributed by atoms with Gasteiger partial charge in [-0.05, 0) is 36.9 Å². The van der Waals surface area contributed by atoms with Crippen LogP contribution in [0.2, 0.25) is 0 Å². The summed E-state index contributed by atoms with van der Waals surface area (Å²) in [4.78, 5) is 2.54. The van der Waals surface area contributed by atoms with Crippen molar-refractivity contribution in [3.63, 3.8) is 0 Å². The molecule has 1 aromatic rings. The Hall–Kier alpha value is -0.530. The second kappa shape index (κ2) is 6.42. The summed E-state index contributed by atoms with van der Waals surface area (Å²) < 4.78 is 0. The summed E-state index contributed by atoms with van der Waals surface area (Å²) >= 11 is 6.05. The molecule has 1 aromatic carbocycles. The summed E-state index contributed by atoms with van der Waals surface area (Å²) in [6.07, 6.45) is 5.04. The number of benzene rings is 1. The van der Waals surface area contributed by atoms with E-state index in [0.29, 0.717) is 6.04 Å². The molecule has 0 aliphatic carbocycles. The minimum Gasteiger partial charge on any atom is -0.295 e. The Morgan fingerprint density at radius 1 is 1.18 bits per heavy atom. The van der Waals surface area contributed by atoms with Crippen molar-refractivity contribution < 1.29 is 0 Å². The number of halogens is 1. The first kappa shape index (κ1) is 12.9. The summed E-state index contributed by atoms with van der Waals surface area (Å²) in [5.74, 6) is 0.771. The molecule has 0 N–H and O–H groups in total. The Bertz CT molecular complexity index is 333. The van der Waals surface area contributed by atoms with E-state index in [1.165, 1.54) is 36.9 Å². The van der Waals surface area contributed by atoms with Crippen molar-refractivity contribution in [2.75, 3.05) is 12.4 Å². The number of rotatable bonds is 4.